The molecular weight excluding hydrogens is 196 g/mol. The molecule has 0 aromatic carbocycles. The zero-order valence-electron chi connectivity index (χ0n) is 8.44. The Labute approximate surface area is 88.4 Å². The van der Waals surface area contributed by atoms with E-state index in [-0.39, 0.29) is 6.10 Å². The maximum Gasteiger partial charge on any atom is 0.185 e. The molecule has 2 rings (SSSR count). The molecule has 3 nitrogen and oxygen atoms in total. The molecule has 1 aromatic heterocycles. The molecule has 2 heterocycles. The third kappa shape index (κ3) is 2.07. The molecule has 1 fully saturated rings. The molecule has 1 saturated heterocycles. The van der Waals surface area contributed by atoms with E-state index in [0.717, 1.165) is 37.5 Å². The lowest BCUT2D eigenvalue weighted by Crippen LogP contribution is -2.35. The van der Waals surface area contributed by atoms with Gasteiger partial charge in [0.25, 0.3) is 0 Å². The van der Waals surface area contributed by atoms with E-state index >= 15 is 0 Å². The molecule has 1 aromatic rings. The number of nitrogens with zero attached hydrogens (tertiary/aromatic N) is 2. The molecule has 0 atom stereocenters. The van der Waals surface area contributed by atoms with Crippen molar-refractivity contribution in [1.82, 2.24) is 4.98 Å². The van der Waals surface area contributed by atoms with Crippen LogP contribution in [0.2, 0.25) is 0 Å². The number of anilines is 1. The maximum absolute atomic E-state index is 9.38. The lowest BCUT2D eigenvalue weighted by molar-refractivity contribution is 0.145. The third-order valence-electron chi connectivity index (χ3n) is 2.62. The maximum atomic E-state index is 9.38. The normalized spacial score (nSPS) is 18.9. The number of aromatic nitrogens is 1. The van der Waals surface area contributed by atoms with Gasteiger partial charge in [0.1, 0.15) is 0 Å². The summed E-state index contributed by atoms with van der Waals surface area (Å²) >= 11 is 1.77. The van der Waals surface area contributed by atoms with Gasteiger partial charge in [-0.1, -0.05) is 6.92 Å². The summed E-state index contributed by atoms with van der Waals surface area (Å²) in [4.78, 5) is 8.01. The molecule has 4 heteroatoms. The topological polar surface area (TPSA) is 36.4 Å². The fourth-order valence-corrected chi connectivity index (χ4v) is 2.57. The highest BCUT2D eigenvalue weighted by Gasteiger charge is 2.19. The Hall–Kier alpha value is -0.610. The summed E-state index contributed by atoms with van der Waals surface area (Å²) in [6.07, 6.45) is 4.68. The van der Waals surface area contributed by atoms with E-state index in [1.54, 1.807) is 11.3 Å². The van der Waals surface area contributed by atoms with Crippen LogP contribution >= 0.6 is 11.3 Å². The minimum absolute atomic E-state index is 0.100. The van der Waals surface area contributed by atoms with Crippen molar-refractivity contribution in [2.45, 2.75) is 32.3 Å². The predicted octanol–water partition coefficient (Wildman–Crippen LogP) is 1.67. The largest absolute Gasteiger partial charge is 0.393 e. The van der Waals surface area contributed by atoms with Crippen LogP contribution in [0.25, 0.3) is 0 Å². The van der Waals surface area contributed by atoms with Gasteiger partial charge >= 0.3 is 0 Å². The van der Waals surface area contributed by atoms with Crippen LogP contribution in [0.1, 0.15) is 24.6 Å². The Balaban J connectivity index is 2.01. The molecule has 0 aliphatic carbocycles. The first-order valence-corrected chi connectivity index (χ1v) is 5.99. The molecule has 0 unspecified atom stereocenters. The number of aryl methyl sites for hydroxylation is 1. The van der Waals surface area contributed by atoms with Crippen LogP contribution in [0.5, 0.6) is 0 Å². The summed E-state index contributed by atoms with van der Waals surface area (Å²) in [7, 11) is 0. The van der Waals surface area contributed by atoms with Crippen molar-refractivity contribution in [2.75, 3.05) is 18.0 Å². The van der Waals surface area contributed by atoms with Crippen LogP contribution in [-0.2, 0) is 6.42 Å². The van der Waals surface area contributed by atoms with Crippen molar-refractivity contribution in [3.05, 3.63) is 11.1 Å². The monoisotopic (exact) mass is 212 g/mol. The molecule has 14 heavy (non-hydrogen) atoms. The summed E-state index contributed by atoms with van der Waals surface area (Å²) < 4.78 is 0. The number of hydrogen-bond donors (Lipinski definition) is 1. The van der Waals surface area contributed by atoms with Gasteiger partial charge in [0.15, 0.2) is 5.13 Å². The fraction of sp³-hybridized carbons (Fsp3) is 0.700. The summed E-state index contributed by atoms with van der Waals surface area (Å²) in [6.45, 7) is 4.03. The van der Waals surface area contributed by atoms with Crippen LogP contribution in [-0.4, -0.2) is 29.3 Å². The highest BCUT2D eigenvalue weighted by atomic mass is 32.1. The van der Waals surface area contributed by atoms with Crippen molar-refractivity contribution < 1.29 is 5.11 Å². The zero-order chi connectivity index (χ0) is 9.97. The van der Waals surface area contributed by atoms with Gasteiger partial charge in [-0.05, 0) is 19.3 Å². The van der Waals surface area contributed by atoms with Gasteiger partial charge in [-0.15, -0.1) is 11.3 Å². The summed E-state index contributed by atoms with van der Waals surface area (Å²) in [5.41, 5.74) is 0. The van der Waals surface area contributed by atoms with Gasteiger partial charge in [0, 0.05) is 24.2 Å². The predicted molar refractivity (Wildman–Crippen MR) is 58.9 cm³/mol. The summed E-state index contributed by atoms with van der Waals surface area (Å²) in [5.74, 6) is 0. The molecule has 0 bridgehead atoms. The molecular formula is C10H16N2OS. The van der Waals surface area contributed by atoms with Crippen LogP contribution < -0.4 is 4.90 Å². The minimum atomic E-state index is -0.100. The molecule has 1 aliphatic heterocycles. The van der Waals surface area contributed by atoms with Crippen LogP contribution in [0, 0.1) is 0 Å². The highest BCUT2D eigenvalue weighted by Crippen LogP contribution is 2.25. The summed E-state index contributed by atoms with van der Waals surface area (Å²) in [5, 5.41) is 10.5. The van der Waals surface area contributed by atoms with Crippen molar-refractivity contribution in [2.24, 2.45) is 0 Å². The Morgan fingerprint density at radius 3 is 2.86 bits per heavy atom. The molecule has 0 spiro atoms. The molecule has 0 saturated carbocycles. The van der Waals surface area contributed by atoms with Crippen molar-refractivity contribution in [3.8, 4) is 0 Å². The van der Waals surface area contributed by atoms with Crippen molar-refractivity contribution in [1.29, 1.82) is 0 Å². The van der Waals surface area contributed by atoms with E-state index in [1.165, 1.54) is 4.88 Å². The first-order valence-electron chi connectivity index (χ1n) is 5.17. The second-order valence-corrected chi connectivity index (χ2v) is 4.77. The van der Waals surface area contributed by atoms with E-state index in [4.69, 9.17) is 0 Å². The second kappa shape index (κ2) is 4.28. The van der Waals surface area contributed by atoms with Gasteiger partial charge in [0.2, 0.25) is 0 Å². The second-order valence-electron chi connectivity index (χ2n) is 3.68. The van der Waals surface area contributed by atoms with E-state index in [0.29, 0.717) is 0 Å². The Kier molecular flexibility index (Phi) is 3.03. The fourth-order valence-electron chi connectivity index (χ4n) is 1.66. The van der Waals surface area contributed by atoms with Crippen LogP contribution in [0.3, 0.4) is 0 Å². The molecule has 1 aliphatic rings. The lowest BCUT2D eigenvalue weighted by atomic mass is 10.1. The number of rotatable bonds is 2. The van der Waals surface area contributed by atoms with Crippen molar-refractivity contribution >= 4 is 16.5 Å². The third-order valence-corrected chi connectivity index (χ3v) is 3.83. The molecule has 1 N–H and O–H groups in total. The van der Waals surface area contributed by atoms with Gasteiger partial charge in [0.05, 0.1) is 6.10 Å². The average Bonchev–Trinajstić information content (AvgIpc) is 2.67. The van der Waals surface area contributed by atoms with Gasteiger partial charge in [-0.2, -0.15) is 0 Å². The lowest BCUT2D eigenvalue weighted by Gasteiger charge is -2.29. The molecule has 78 valence electrons. The first kappa shape index (κ1) is 9.93. The summed E-state index contributed by atoms with van der Waals surface area (Å²) in [6, 6.07) is 0. The zero-order valence-corrected chi connectivity index (χ0v) is 9.26. The average molecular weight is 212 g/mol. The van der Waals surface area contributed by atoms with E-state index in [9.17, 15) is 5.11 Å². The van der Waals surface area contributed by atoms with Gasteiger partial charge in [-0.25, -0.2) is 4.98 Å². The van der Waals surface area contributed by atoms with Gasteiger partial charge < -0.3 is 10.0 Å². The minimum Gasteiger partial charge on any atom is -0.393 e. The van der Waals surface area contributed by atoms with Crippen LogP contribution in [0.4, 0.5) is 5.13 Å². The number of aliphatic hydroxyl groups is 1. The number of hydrogen-bond acceptors (Lipinski definition) is 4. The van der Waals surface area contributed by atoms with E-state index < -0.39 is 0 Å². The number of piperidine rings is 1. The van der Waals surface area contributed by atoms with Crippen molar-refractivity contribution in [3.63, 3.8) is 0 Å². The standard InChI is InChI=1S/C10H16N2OS/c1-2-9-7-11-10(14-9)12-5-3-8(13)4-6-12/h7-8,13H,2-6H2,1H3. The highest BCUT2D eigenvalue weighted by molar-refractivity contribution is 7.15. The number of aliphatic hydroxyl groups excluding tert-OH is 1. The Morgan fingerprint density at radius 2 is 2.29 bits per heavy atom. The quantitative estimate of drug-likeness (QED) is 0.810. The van der Waals surface area contributed by atoms with E-state index in [1.807, 2.05) is 6.20 Å². The van der Waals surface area contributed by atoms with E-state index in [2.05, 4.69) is 16.8 Å². The Morgan fingerprint density at radius 1 is 1.57 bits per heavy atom. The number of thiazole rings is 1. The van der Waals surface area contributed by atoms with Gasteiger partial charge in [-0.3, -0.25) is 0 Å². The Bertz CT molecular complexity index is 292. The molecule has 0 radical (unpaired) electrons. The molecule has 0 amide bonds. The smallest absolute Gasteiger partial charge is 0.185 e. The van der Waals surface area contributed by atoms with Crippen LogP contribution in [0.15, 0.2) is 6.20 Å². The first-order chi connectivity index (χ1) is 6.79. The SMILES string of the molecule is CCc1cnc(N2CCC(O)CC2)s1.